The van der Waals surface area contributed by atoms with E-state index in [-0.39, 0.29) is 17.9 Å². The lowest BCUT2D eigenvalue weighted by Gasteiger charge is -2.31. The second-order valence-corrected chi connectivity index (χ2v) is 8.02. The highest BCUT2D eigenvalue weighted by Gasteiger charge is 2.32. The Kier molecular flexibility index (Phi) is 5.57. The fraction of sp³-hybridized carbons (Fsp3) is 0.148. The maximum Gasteiger partial charge on any atom is 0.318 e. The van der Waals surface area contributed by atoms with Crippen LogP contribution in [0.15, 0.2) is 91.1 Å². The van der Waals surface area contributed by atoms with Crippen LogP contribution in [0.4, 0.5) is 9.18 Å². The topological polar surface area (TPSA) is 46.5 Å². The number of nitrogens with one attached hydrogen (secondary N) is 1. The van der Waals surface area contributed by atoms with Crippen molar-refractivity contribution in [2.24, 2.45) is 0 Å². The molecule has 3 aromatic carbocycles. The highest BCUT2D eigenvalue weighted by atomic mass is 19.1. The molecule has 0 fully saturated rings. The lowest BCUT2D eigenvalue weighted by molar-refractivity contribution is 0.180. The maximum absolute atomic E-state index is 13.7. The average molecular weight is 442 g/mol. The molecule has 0 bridgehead atoms. The number of benzene rings is 3. The molecule has 5 nitrogen and oxygen atoms in total. The molecule has 0 saturated heterocycles. The number of hydrogen-bond donors (Lipinski definition) is 1. The zero-order valence-corrected chi connectivity index (χ0v) is 18.2. The van der Waals surface area contributed by atoms with Gasteiger partial charge < -0.3 is 19.5 Å². The Balaban J connectivity index is 1.53. The van der Waals surface area contributed by atoms with Gasteiger partial charge >= 0.3 is 6.03 Å². The molecule has 2 heterocycles. The number of aromatic nitrogens is 1. The van der Waals surface area contributed by atoms with Gasteiger partial charge in [0.2, 0.25) is 0 Å². The van der Waals surface area contributed by atoms with E-state index in [0.717, 1.165) is 33.8 Å². The zero-order chi connectivity index (χ0) is 22.8. The van der Waals surface area contributed by atoms with Gasteiger partial charge in [0.05, 0.1) is 25.4 Å². The molecular weight excluding hydrogens is 417 g/mol. The van der Waals surface area contributed by atoms with Gasteiger partial charge in [-0.1, -0.05) is 42.5 Å². The first kappa shape index (κ1) is 20.8. The van der Waals surface area contributed by atoms with Gasteiger partial charge in [0.25, 0.3) is 0 Å². The van der Waals surface area contributed by atoms with Crippen molar-refractivity contribution in [3.8, 4) is 11.4 Å². The first-order chi connectivity index (χ1) is 16.1. The number of carbonyl (C=O) groups is 1. The number of fused-ring (bicyclic) bond motifs is 3. The summed E-state index contributed by atoms with van der Waals surface area (Å²) >= 11 is 0. The molecule has 1 atom stereocenters. The van der Waals surface area contributed by atoms with E-state index in [2.05, 4.69) is 16.0 Å². The number of rotatable bonds is 4. The molecule has 4 aromatic rings. The molecule has 33 heavy (non-hydrogen) atoms. The van der Waals surface area contributed by atoms with Crippen LogP contribution in [0.25, 0.3) is 5.69 Å². The maximum atomic E-state index is 13.7. The normalized spacial score (nSPS) is 14.7. The third-order valence-corrected chi connectivity index (χ3v) is 5.99. The van der Waals surface area contributed by atoms with Crippen molar-refractivity contribution in [3.05, 3.63) is 119 Å². The fourth-order valence-electron chi connectivity index (χ4n) is 4.40. The van der Waals surface area contributed by atoms with E-state index in [9.17, 15) is 9.18 Å². The predicted octanol–water partition coefficient (Wildman–Crippen LogP) is 5.44. The van der Waals surface area contributed by atoms with Gasteiger partial charge in [-0.25, -0.2) is 9.18 Å². The Hall–Kier alpha value is -4.06. The monoisotopic (exact) mass is 441 g/mol. The molecule has 1 aromatic heterocycles. The lowest BCUT2D eigenvalue weighted by Crippen LogP contribution is -2.41. The van der Waals surface area contributed by atoms with E-state index < -0.39 is 0 Å². The van der Waals surface area contributed by atoms with Crippen molar-refractivity contribution in [1.82, 2.24) is 14.8 Å². The highest BCUT2D eigenvalue weighted by Crippen LogP contribution is 2.36. The van der Waals surface area contributed by atoms with Crippen LogP contribution in [0.1, 0.15) is 28.4 Å². The molecular formula is C27H24FN3O2. The summed E-state index contributed by atoms with van der Waals surface area (Å²) in [5.41, 5.74) is 4.81. The van der Waals surface area contributed by atoms with Crippen LogP contribution in [0.3, 0.4) is 0 Å². The van der Waals surface area contributed by atoms with Gasteiger partial charge in [-0.3, -0.25) is 0 Å². The summed E-state index contributed by atoms with van der Waals surface area (Å²) in [6.07, 6.45) is 2.00. The van der Waals surface area contributed by atoms with Crippen LogP contribution in [-0.4, -0.2) is 22.6 Å². The molecule has 1 N–H and O–H groups in total. The Bertz CT molecular complexity index is 1280. The Morgan fingerprint density at radius 3 is 2.67 bits per heavy atom. The van der Waals surface area contributed by atoms with Crippen LogP contribution >= 0.6 is 0 Å². The summed E-state index contributed by atoms with van der Waals surface area (Å²) in [6, 6.07) is 25.5. The van der Waals surface area contributed by atoms with Gasteiger partial charge in [0.1, 0.15) is 11.6 Å². The number of hydrogen-bond acceptors (Lipinski definition) is 2. The summed E-state index contributed by atoms with van der Waals surface area (Å²) < 4.78 is 21.1. The minimum absolute atomic E-state index is 0.198. The molecule has 1 unspecified atom stereocenters. The number of ether oxygens (including phenoxy) is 1. The van der Waals surface area contributed by atoms with Gasteiger partial charge in [-0.2, -0.15) is 0 Å². The summed E-state index contributed by atoms with van der Waals surface area (Å²) in [5.74, 6) is 0.438. The Morgan fingerprint density at radius 1 is 1.03 bits per heavy atom. The Labute approximate surface area is 192 Å². The van der Waals surface area contributed by atoms with Crippen molar-refractivity contribution < 1.29 is 13.9 Å². The Morgan fingerprint density at radius 2 is 1.85 bits per heavy atom. The van der Waals surface area contributed by atoms with E-state index in [4.69, 9.17) is 4.74 Å². The van der Waals surface area contributed by atoms with Crippen molar-refractivity contribution in [1.29, 1.82) is 0 Å². The fourth-order valence-corrected chi connectivity index (χ4v) is 4.40. The zero-order valence-electron chi connectivity index (χ0n) is 18.2. The number of carbonyl (C=O) groups excluding carboxylic acids is 1. The first-order valence-corrected chi connectivity index (χ1v) is 10.8. The minimum Gasteiger partial charge on any atom is -0.497 e. The summed E-state index contributed by atoms with van der Waals surface area (Å²) in [5, 5.41) is 3.06. The molecule has 166 valence electrons. The number of methoxy groups -OCH3 is 1. The lowest BCUT2D eigenvalue weighted by atomic mass is 10.0. The standard InChI is InChI=1S/C27H24FN3O2/c1-33-23-8-4-6-19(16-23)17-29-27(32)31-18-21-7-2-3-9-24(21)30-15-5-10-25(30)26(31)20-11-13-22(28)14-12-20/h2-16,26H,17-18H2,1H3,(H,29,32). The second-order valence-electron chi connectivity index (χ2n) is 8.02. The van der Waals surface area contributed by atoms with Crippen LogP contribution < -0.4 is 10.1 Å². The van der Waals surface area contributed by atoms with Gasteiger partial charge in [0, 0.05) is 18.4 Å². The van der Waals surface area contributed by atoms with Gasteiger partial charge in [-0.15, -0.1) is 0 Å². The van der Waals surface area contributed by atoms with Crippen LogP contribution in [-0.2, 0) is 13.1 Å². The molecule has 1 aliphatic rings. The summed E-state index contributed by atoms with van der Waals surface area (Å²) in [6.45, 7) is 0.787. The summed E-state index contributed by atoms with van der Waals surface area (Å²) in [7, 11) is 1.62. The molecule has 1 aliphatic heterocycles. The van der Waals surface area contributed by atoms with E-state index in [1.165, 1.54) is 12.1 Å². The number of halogens is 1. The molecule has 0 radical (unpaired) electrons. The van der Waals surface area contributed by atoms with Crippen molar-refractivity contribution in [3.63, 3.8) is 0 Å². The molecule has 6 heteroatoms. The molecule has 0 aliphatic carbocycles. The number of urea groups is 1. The quantitative estimate of drug-likeness (QED) is 0.458. The second kappa shape index (κ2) is 8.82. The third-order valence-electron chi connectivity index (χ3n) is 5.99. The van der Waals surface area contributed by atoms with E-state index in [0.29, 0.717) is 13.1 Å². The third kappa shape index (κ3) is 4.07. The van der Waals surface area contributed by atoms with Crippen LogP contribution in [0, 0.1) is 5.82 Å². The molecule has 0 saturated carbocycles. The largest absolute Gasteiger partial charge is 0.497 e. The molecule has 0 spiro atoms. The smallest absolute Gasteiger partial charge is 0.318 e. The van der Waals surface area contributed by atoms with Crippen molar-refractivity contribution in [2.45, 2.75) is 19.1 Å². The minimum atomic E-state index is -0.377. The number of nitrogens with zero attached hydrogens (tertiary/aromatic N) is 2. The summed E-state index contributed by atoms with van der Waals surface area (Å²) in [4.78, 5) is 15.4. The van der Waals surface area contributed by atoms with E-state index >= 15 is 0 Å². The SMILES string of the molecule is COc1cccc(CNC(=O)N2Cc3ccccc3-n3cccc3C2c2ccc(F)cc2)c1. The molecule has 2 amide bonds. The predicted molar refractivity (Wildman–Crippen MR) is 125 cm³/mol. The highest BCUT2D eigenvalue weighted by molar-refractivity contribution is 5.76. The van der Waals surface area contributed by atoms with Crippen LogP contribution in [0.2, 0.25) is 0 Å². The van der Waals surface area contributed by atoms with Gasteiger partial charge in [-0.05, 0) is 59.2 Å². The van der Waals surface area contributed by atoms with Crippen molar-refractivity contribution in [2.75, 3.05) is 7.11 Å². The van der Waals surface area contributed by atoms with Crippen molar-refractivity contribution >= 4 is 6.03 Å². The van der Waals surface area contributed by atoms with E-state index in [1.54, 1.807) is 19.2 Å². The average Bonchev–Trinajstić information content (AvgIpc) is 3.28. The van der Waals surface area contributed by atoms with E-state index in [1.807, 2.05) is 65.7 Å². The van der Waals surface area contributed by atoms with Gasteiger partial charge in [0.15, 0.2) is 0 Å². The number of para-hydroxylation sites is 1. The number of amides is 2. The van der Waals surface area contributed by atoms with Crippen LogP contribution in [0.5, 0.6) is 5.75 Å². The first-order valence-electron chi connectivity index (χ1n) is 10.8. The molecule has 5 rings (SSSR count).